The van der Waals surface area contributed by atoms with Gasteiger partial charge in [0.15, 0.2) is 0 Å². The number of aryl methyl sites for hydroxylation is 2. The van der Waals surface area contributed by atoms with Gasteiger partial charge >= 0.3 is 0 Å². The second kappa shape index (κ2) is 6.28. The molecule has 0 bridgehead atoms. The highest BCUT2D eigenvalue weighted by Crippen LogP contribution is 2.15. The molecule has 1 amide bonds. The number of hydrogen-bond donors (Lipinski definition) is 1. The lowest BCUT2D eigenvalue weighted by atomic mass is 10.1. The Labute approximate surface area is 119 Å². The fourth-order valence-electron chi connectivity index (χ4n) is 2.31. The molecule has 1 aromatic rings. The van der Waals surface area contributed by atoms with Crippen LogP contribution in [0.1, 0.15) is 35.6 Å². The van der Waals surface area contributed by atoms with Crippen LogP contribution in [0.4, 0.5) is 0 Å². The Kier molecular flexibility index (Phi) is 4.67. The maximum absolute atomic E-state index is 12.7. The number of aromatic nitrogens is 2. The Hall–Kier alpha value is -1.53. The van der Waals surface area contributed by atoms with Gasteiger partial charge in [0, 0.05) is 19.1 Å². The molecule has 0 aromatic carbocycles. The summed E-state index contributed by atoms with van der Waals surface area (Å²) in [5.74, 6) is -0.00574. The Morgan fingerprint density at radius 3 is 3.00 bits per heavy atom. The monoisotopic (exact) mass is 278 g/mol. The van der Waals surface area contributed by atoms with Gasteiger partial charge in [0.05, 0.1) is 29.7 Å². The number of nitrogens with zero attached hydrogens (tertiary/aromatic N) is 3. The van der Waals surface area contributed by atoms with Crippen LogP contribution < -0.4 is 5.73 Å². The first kappa shape index (κ1) is 14.9. The number of morpholine rings is 1. The maximum Gasteiger partial charge on any atom is 0.256 e. The molecule has 2 rings (SSSR count). The summed E-state index contributed by atoms with van der Waals surface area (Å²) in [6, 6.07) is 1.72. The molecule has 1 fully saturated rings. The van der Waals surface area contributed by atoms with Crippen LogP contribution in [0.25, 0.3) is 0 Å². The van der Waals surface area contributed by atoms with Crippen LogP contribution in [0.5, 0.6) is 0 Å². The van der Waals surface area contributed by atoms with Crippen molar-refractivity contribution in [1.82, 2.24) is 15.1 Å². The van der Waals surface area contributed by atoms with Crippen LogP contribution in [-0.2, 0) is 11.2 Å². The summed E-state index contributed by atoms with van der Waals surface area (Å²) in [6.45, 7) is 7.35. The van der Waals surface area contributed by atoms with E-state index in [1.165, 1.54) is 0 Å². The van der Waals surface area contributed by atoms with E-state index >= 15 is 0 Å². The second-order valence-electron chi connectivity index (χ2n) is 5.22. The van der Waals surface area contributed by atoms with Gasteiger partial charge in [-0.05, 0) is 26.3 Å². The molecule has 1 aliphatic heterocycles. The minimum Gasteiger partial charge on any atom is -0.373 e. The molecule has 0 aliphatic carbocycles. The molecule has 6 heteroatoms. The van der Waals surface area contributed by atoms with Crippen LogP contribution >= 0.6 is 0 Å². The molecular weight excluding hydrogens is 256 g/mol. The first-order valence-corrected chi connectivity index (χ1v) is 7.02. The average Bonchev–Trinajstić information content (AvgIpc) is 2.46. The smallest absolute Gasteiger partial charge is 0.256 e. The van der Waals surface area contributed by atoms with E-state index < -0.39 is 0 Å². The zero-order valence-corrected chi connectivity index (χ0v) is 12.3. The maximum atomic E-state index is 12.7. The van der Waals surface area contributed by atoms with Crippen LogP contribution in [0.3, 0.4) is 0 Å². The number of carbonyl (C=O) groups excluding carboxylic acids is 1. The molecule has 1 saturated heterocycles. The number of nitrogens with two attached hydrogens (primary N) is 1. The molecule has 0 spiro atoms. The quantitative estimate of drug-likeness (QED) is 0.872. The fraction of sp³-hybridized carbons (Fsp3) is 0.643. The van der Waals surface area contributed by atoms with Crippen molar-refractivity contribution in [2.75, 3.05) is 19.7 Å². The molecule has 1 aromatic heterocycles. The minimum absolute atomic E-state index is 0.00574. The highest BCUT2D eigenvalue weighted by atomic mass is 16.5. The van der Waals surface area contributed by atoms with Crippen molar-refractivity contribution in [3.05, 3.63) is 23.0 Å². The third-order valence-corrected chi connectivity index (χ3v) is 3.52. The van der Waals surface area contributed by atoms with Crippen molar-refractivity contribution < 1.29 is 9.53 Å². The van der Waals surface area contributed by atoms with Crippen molar-refractivity contribution in [3.8, 4) is 0 Å². The van der Waals surface area contributed by atoms with Crippen molar-refractivity contribution >= 4 is 5.91 Å². The van der Waals surface area contributed by atoms with E-state index in [2.05, 4.69) is 10.2 Å². The molecular formula is C14H22N4O2. The number of ether oxygens (including phenoxy) is 1. The molecule has 0 radical (unpaired) electrons. The van der Waals surface area contributed by atoms with Gasteiger partial charge in [-0.2, -0.15) is 10.2 Å². The predicted octanol–water partition coefficient (Wildman–Crippen LogP) is 0.536. The van der Waals surface area contributed by atoms with Crippen LogP contribution in [0, 0.1) is 6.92 Å². The van der Waals surface area contributed by atoms with Crippen molar-refractivity contribution in [1.29, 1.82) is 0 Å². The van der Waals surface area contributed by atoms with E-state index in [4.69, 9.17) is 10.5 Å². The first-order valence-electron chi connectivity index (χ1n) is 7.02. The summed E-state index contributed by atoms with van der Waals surface area (Å²) < 4.78 is 5.59. The van der Waals surface area contributed by atoms with Crippen LogP contribution in [0.2, 0.25) is 0 Å². The average molecular weight is 278 g/mol. The lowest BCUT2D eigenvalue weighted by Gasteiger charge is -2.35. The summed E-state index contributed by atoms with van der Waals surface area (Å²) in [7, 11) is 0. The summed E-state index contributed by atoms with van der Waals surface area (Å²) >= 11 is 0. The minimum atomic E-state index is -0.103. The van der Waals surface area contributed by atoms with Crippen molar-refractivity contribution in [2.24, 2.45) is 5.73 Å². The van der Waals surface area contributed by atoms with Crippen molar-refractivity contribution in [2.45, 2.75) is 39.3 Å². The van der Waals surface area contributed by atoms with E-state index in [-0.39, 0.29) is 18.1 Å². The summed E-state index contributed by atoms with van der Waals surface area (Å²) in [6.07, 6.45) is 0.587. The van der Waals surface area contributed by atoms with E-state index in [0.717, 1.165) is 11.4 Å². The third-order valence-electron chi connectivity index (χ3n) is 3.52. The molecule has 6 nitrogen and oxygen atoms in total. The van der Waals surface area contributed by atoms with Crippen molar-refractivity contribution in [3.63, 3.8) is 0 Å². The lowest BCUT2D eigenvalue weighted by Crippen LogP contribution is -2.51. The summed E-state index contributed by atoms with van der Waals surface area (Å²) in [5.41, 5.74) is 8.00. The number of carbonyl (C=O) groups is 1. The molecule has 110 valence electrons. The zero-order valence-electron chi connectivity index (χ0n) is 12.3. The third kappa shape index (κ3) is 3.13. The molecule has 20 heavy (non-hydrogen) atoms. The first-order chi connectivity index (χ1) is 9.52. The van der Waals surface area contributed by atoms with Gasteiger partial charge in [-0.3, -0.25) is 4.79 Å². The van der Waals surface area contributed by atoms with Gasteiger partial charge in [0.25, 0.3) is 5.91 Å². The number of rotatable bonds is 3. The van der Waals surface area contributed by atoms with Crippen LogP contribution in [0.15, 0.2) is 6.07 Å². The molecule has 2 atom stereocenters. The Bertz CT molecular complexity index is 490. The molecule has 2 heterocycles. The van der Waals surface area contributed by atoms with E-state index in [1.807, 2.05) is 26.8 Å². The van der Waals surface area contributed by atoms with Gasteiger partial charge in [-0.15, -0.1) is 0 Å². The van der Waals surface area contributed by atoms with E-state index in [1.54, 1.807) is 4.90 Å². The highest BCUT2D eigenvalue weighted by molar-refractivity contribution is 5.95. The topological polar surface area (TPSA) is 81.3 Å². The van der Waals surface area contributed by atoms with Gasteiger partial charge < -0.3 is 15.4 Å². The standard InChI is InChI=1S/C14H22N4O2/c1-4-12-11(7-9(2)16-17-12)14(19)18-5-6-20-13(8-18)10(3)15/h7,10,13H,4-6,8,15H2,1-3H3. The molecule has 2 N–H and O–H groups in total. The normalized spacial score (nSPS) is 20.8. The molecule has 2 unspecified atom stereocenters. The molecule has 1 aliphatic rings. The number of hydrogen-bond acceptors (Lipinski definition) is 5. The Morgan fingerprint density at radius 2 is 2.35 bits per heavy atom. The van der Waals surface area contributed by atoms with Gasteiger partial charge in [0.1, 0.15) is 0 Å². The highest BCUT2D eigenvalue weighted by Gasteiger charge is 2.28. The van der Waals surface area contributed by atoms with Gasteiger partial charge in [-0.1, -0.05) is 6.92 Å². The summed E-state index contributed by atoms with van der Waals surface area (Å²) in [4.78, 5) is 14.5. The van der Waals surface area contributed by atoms with Crippen LogP contribution in [-0.4, -0.2) is 52.8 Å². The molecule has 0 saturated carbocycles. The predicted molar refractivity (Wildman–Crippen MR) is 75.4 cm³/mol. The Balaban J connectivity index is 2.20. The van der Waals surface area contributed by atoms with Gasteiger partial charge in [-0.25, -0.2) is 0 Å². The Morgan fingerprint density at radius 1 is 1.60 bits per heavy atom. The van der Waals surface area contributed by atoms with Gasteiger partial charge in [0.2, 0.25) is 0 Å². The number of amides is 1. The van der Waals surface area contributed by atoms with E-state index in [9.17, 15) is 4.79 Å². The SMILES string of the molecule is CCc1nnc(C)cc1C(=O)N1CCOC(C(C)N)C1. The zero-order chi connectivity index (χ0) is 14.7. The largest absolute Gasteiger partial charge is 0.373 e. The fourth-order valence-corrected chi connectivity index (χ4v) is 2.31. The summed E-state index contributed by atoms with van der Waals surface area (Å²) in [5, 5.41) is 8.13. The lowest BCUT2D eigenvalue weighted by molar-refractivity contribution is -0.0300. The second-order valence-corrected chi connectivity index (χ2v) is 5.22. The van der Waals surface area contributed by atoms with E-state index in [0.29, 0.717) is 31.7 Å².